The van der Waals surface area contributed by atoms with Crippen molar-refractivity contribution in [2.45, 2.75) is 6.42 Å². The summed E-state index contributed by atoms with van der Waals surface area (Å²) >= 11 is 6.38. The van der Waals surface area contributed by atoms with Gasteiger partial charge in [0.2, 0.25) is 0 Å². The molecule has 0 unspecified atom stereocenters. The molecule has 3 rings (SSSR count). The Bertz CT molecular complexity index is 580. The monoisotopic (exact) mass is 247 g/mol. The molecule has 0 aromatic heterocycles. The van der Waals surface area contributed by atoms with E-state index in [9.17, 15) is 4.39 Å². The number of halogens is 2. The van der Waals surface area contributed by atoms with Gasteiger partial charge in [0.15, 0.2) is 0 Å². The lowest BCUT2D eigenvalue weighted by molar-refractivity contribution is 0.628. The molecule has 1 N–H and O–H groups in total. The summed E-state index contributed by atoms with van der Waals surface area (Å²) in [5, 5.41) is 4.01. The van der Waals surface area contributed by atoms with Gasteiger partial charge in [-0.25, -0.2) is 4.39 Å². The van der Waals surface area contributed by atoms with Gasteiger partial charge in [0, 0.05) is 17.8 Å². The molecule has 1 aliphatic rings. The van der Waals surface area contributed by atoms with Crippen molar-refractivity contribution >= 4 is 17.3 Å². The summed E-state index contributed by atoms with van der Waals surface area (Å²) in [6, 6.07) is 10.5. The number of rotatable bonds is 1. The molecular formula is C14H11ClFN. The molecule has 0 amide bonds. The minimum atomic E-state index is -0.239. The fourth-order valence-corrected chi connectivity index (χ4v) is 2.60. The Morgan fingerprint density at radius 2 is 2.06 bits per heavy atom. The van der Waals surface area contributed by atoms with Crippen LogP contribution in [0.4, 0.5) is 10.1 Å². The largest absolute Gasteiger partial charge is 0.384 e. The van der Waals surface area contributed by atoms with Crippen LogP contribution >= 0.6 is 11.6 Å². The van der Waals surface area contributed by atoms with E-state index in [0.29, 0.717) is 0 Å². The van der Waals surface area contributed by atoms with Crippen molar-refractivity contribution in [3.8, 4) is 11.1 Å². The lowest BCUT2D eigenvalue weighted by Crippen LogP contribution is -1.90. The molecular weight excluding hydrogens is 237 g/mol. The molecule has 1 nitrogen and oxygen atoms in total. The molecule has 0 fully saturated rings. The Morgan fingerprint density at radius 1 is 1.18 bits per heavy atom. The molecule has 0 bridgehead atoms. The van der Waals surface area contributed by atoms with Gasteiger partial charge in [0.1, 0.15) is 5.82 Å². The van der Waals surface area contributed by atoms with Gasteiger partial charge in [-0.3, -0.25) is 0 Å². The van der Waals surface area contributed by atoms with Crippen molar-refractivity contribution in [2.75, 3.05) is 11.9 Å². The minimum absolute atomic E-state index is 0.239. The first-order valence-corrected chi connectivity index (χ1v) is 5.95. The fourth-order valence-electron chi connectivity index (χ4n) is 2.23. The standard InChI is InChI=1S/C14H11ClFN/c15-14-11(9-2-1-3-10(16)8-9)4-5-13-12(14)6-7-17-13/h1-5,8,17H,6-7H2. The van der Waals surface area contributed by atoms with Crippen LogP contribution in [0.2, 0.25) is 5.02 Å². The van der Waals surface area contributed by atoms with Gasteiger partial charge in [0.25, 0.3) is 0 Å². The molecule has 0 saturated heterocycles. The van der Waals surface area contributed by atoms with E-state index in [1.54, 1.807) is 6.07 Å². The van der Waals surface area contributed by atoms with Gasteiger partial charge >= 0.3 is 0 Å². The third kappa shape index (κ3) is 1.79. The van der Waals surface area contributed by atoms with Crippen LogP contribution in [0, 0.1) is 5.82 Å². The highest BCUT2D eigenvalue weighted by atomic mass is 35.5. The van der Waals surface area contributed by atoms with Crippen molar-refractivity contribution < 1.29 is 4.39 Å². The van der Waals surface area contributed by atoms with Crippen molar-refractivity contribution in [2.24, 2.45) is 0 Å². The van der Waals surface area contributed by atoms with Gasteiger partial charge in [-0.15, -0.1) is 0 Å². The summed E-state index contributed by atoms with van der Waals surface area (Å²) < 4.78 is 13.2. The van der Waals surface area contributed by atoms with Crippen LogP contribution in [0.25, 0.3) is 11.1 Å². The molecule has 0 saturated carbocycles. The number of anilines is 1. The molecule has 2 aromatic rings. The van der Waals surface area contributed by atoms with Crippen molar-refractivity contribution in [1.82, 2.24) is 0 Å². The number of benzene rings is 2. The molecule has 1 aliphatic heterocycles. The maximum absolute atomic E-state index is 13.2. The van der Waals surface area contributed by atoms with Crippen LogP contribution in [0.3, 0.4) is 0 Å². The summed E-state index contributed by atoms with van der Waals surface area (Å²) in [4.78, 5) is 0. The number of fused-ring (bicyclic) bond motifs is 1. The van der Waals surface area contributed by atoms with Crippen molar-refractivity contribution in [3.63, 3.8) is 0 Å². The molecule has 0 radical (unpaired) electrons. The molecule has 1 heterocycles. The van der Waals surface area contributed by atoms with Crippen LogP contribution in [-0.2, 0) is 6.42 Å². The Morgan fingerprint density at radius 3 is 2.88 bits per heavy atom. The Balaban J connectivity index is 2.16. The van der Waals surface area contributed by atoms with E-state index in [-0.39, 0.29) is 5.82 Å². The first-order chi connectivity index (χ1) is 8.25. The van der Waals surface area contributed by atoms with Crippen LogP contribution in [0.15, 0.2) is 36.4 Å². The SMILES string of the molecule is Fc1cccc(-c2ccc3c(c2Cl)CCN3)c1. The fraction of sp³-hybridized carbons (Fsp3) is 0.143. The topological polar surface area (TPSA) is 12.0 Å². The molecule has 0 spiro atoms. The molecule has 2 aromatic carbocycles. The lowest BCUT2D eigenvalue weighted by Gasteiger charge is -2.09. The van der Waals surface area contributed by atoms with E-state index >= 15 is 0 Å². The maximum atomic E-state index is 13.2. The van der Waals surface area contributed by atoms with E-state index in [0.717, 1.165) is 40.4 Å². The van der Waals surface area contributed by atoms with Crippen LogP contribution in [0.5, 0.6) is 0 Å². The summed E-state index contributed by atoms with van der Waals surface area (Å²) in [6.45, 7) is 0.918. The summed E-state index contributed by atoms with van der Waals surface area (Å²) in [5.41, 5.74) is 3.95. The van der Waals surface area contributed by atoms with E-state index in [4.69, 9.17) is 11.6 Å². The Kier molecular flexibility index (Phi) is 2.52. The molecule has 17 heavy (non-hydrogen) atoms. The first kappa shape index (κ1) is 10.6. The van der Waals surface area contributed by atoms with Crippen LogP contribution < -0.4 is 5.32 Å². The zero-order chi connectivity index (χ0) is 11.8. The highest BCUT2D eigenvalue weighted by Crippen LogP contribution is 2.37. The van der Waals surface area contributed by atoms with Crippen LogP contribution in [0.1, 0.15) is 5.56 Å². The molecule has 3 heteroatoms. The molecule has 0 aliphatic carbocycles. The third-order valence-electron chi connectivity index (χ3n) is 3.07. The Labute approximate surface area is 104 Å². The molecule has 0 atom stereocenters. The van der Waals surface area contributed by atoms with Gasteiger partial charge in [0.05, 0.1) is 5.02 Å². The zero-order valence-corrected chi connectivity index (χ0v) is 9.89. The van der Waals surface area contributed by atoms with E-state index in [2.05, 4.69) is 5.32 Å². The summed E-state index contributed by atoms with van der Waals surface area (Å²) in [5.74, 6) is -0.239. The van der Waals surface area contributed by atoms with Crippen molar-refractivity contribution in [3.05, 3.63) is 52.8 Å². The van der Waals surface area contributed by atoms with E-state index in [1.807, 2.05) is 18.2 Å². The van der Waals surface area contributed by atoms with Gasteiger partial charge in [-0.05, 0) is 35.7 Å². The average molecular weight is 248 g/mol. The summed E-state index contributed by atoms with van der Waals surface area (Å²) in [6.07, 6.45) is 0.928. The van der Waals surface area contributed by atoms with Crippen LogP contribution in [-0.4, -0.2) is 6.54 Å². The predicted octanol–water partition coefficient (Wildman–Crippen LogP) is 4.11. The van der Waals surface area contributed by atoms with Gasteiger partial charge < -0.3 is 5.32 Å². The van der Waals surface area contributed by atoms with Gasteiger partial charge in [-0.2, -0.15) is 0 Å². The molecule has 86 valence electrons. The van der Waals surface area contributed by atoms with E-state index < -0.39 is 0 Å². The second-order valence-electron chi connectivity index (χ2n) is 4.14. The smallest absolute Gasteiger partial charge is 0.123 e. The highest BCUT2D eigenvalue weighted by Gasteiger charge is 2.16. The average Bonchev–Trinajstić information content (AvgIpc) is 2.78. The van der Waals surface area contributed by atoms with E-state index in [1.165, 1.54) is 12.1 Å². The second kappa shape index (κ2) is 4.04. The lowest BCUT2D eigenvalue weighted by atomic mass is 10.0. The predicted molar refractivity (Wildman–Crippen MR) is 69.0 cm³/mol. The highest BCUT2D eigenvalue weighted by molar-refractivity contribution is 6.34. The van der Waals surface area contributed by atoms with Crippen molar-refractivity contribution in [1.29, 1.82) is 0 Å². The second-order valence-corrected chi connectivity index (χ2v) is 4.52. The number of hydrogen-bond donors (Lipinski definition) is 1. The Hall–Kier alpha value is -1.54. The maximum Gasteiger partial charge on any atom is 0.123 e. The first-order valence-electron chi connectivity index (χ1n) is 5.57. The number of hydrogen-bond acceptors (Lipinski definition) is 1. The minimum Gasteiger partial charge on any atom is -0.384 e. The quantitative estimate of drug-likeness (QED) is 0.800. The summed E-state index contributed by atoms with van der Waals surface area (Å²) in [7, 11) is 0. The number of nitrogens with one attached hydrogen (secondary N) is 1. The normalized spacial score (nSPS) is 13.3. The van der Waals surface area contributed by atoms with Gasteiger partial charge in [-0.1, -0.05) is 29.8 Å². The third-order valence-corrected chi connectivity index (χ3v) is 3.50. The zero-order valence-electron chi connectivity index (χ0n) is 9.13.